The molecule has 0 aliphatic carbocycles. The Labute approximate surface area is 175 Å². The average Bonchev–Trinajstić information content (AvgIpc) is 2.79. The highest BCUT2D eigenvalue weighted by Gasteiger charge is 2.25. The second kappa shape index (κ2) is 8.17. The Kier molecular flexibility index (Phi) is 5.39. The summed E-state index contributed by atoms with van der Waals surface area (Å²) in [4.78, 5) is 24.8. The molecule has 0 unspecified atom stereocenters. The molecule has 0 spiro atoms. The first-order chi connectivity index (χ1) is 15.3. The minimum absolute atomic E-state index is 0.0258. The number of nitrogens with zero attached hydrogens (tertiary/aromatic N) is 3. The number of oxime groups is 1. The molecule has 1 aromatic heterocycles. The van der Waals surface area contributed by atoms with Gasteiger partial charge in [0.05, 0.1) is 33.9 Å². The monoisotopic (exact) mass is 447 g/mol. The van der Waals surface area contributed by atoms with Gasteiger partial charge in [-0.15, -0.1) is 0 Å². The zero-order valence-electron chi connectivity index (χ0n) is 15.7. The van der Waals surface area contributed by atoms with Crippen molar-refractivity contribution in [3.05, 3.63) is 82.2 Å². The zero-order valence-corrected chi connectivity index (χ0v) is 15.7. The van der Waals surface area contributed by atoms with Gasteiger partial charge in [0.2, 0.25) is 5.82 Å². The number of carbonyl (C=O) groups is 1. The van der Waals surface area contributed by atoms with Crippen LogP contribution >= 0.6 is 0 Å². The molecule has 0 atom stereocenters. The molecule has 32 heavy (non-hydrogen) atoms. The molecular weight excluding hydrogens is 437 g/mol. The van der Waals surface area contributed by atoms with E-state index in [4.69, 9.17) is 4.84 Å². The van der Waals surface area contributed by atoms with E-state index >= 15 is 0 Å². The van der Waals surface area contributed by atoms with Gasteiger partial charge < -0.3 is 9.94 Å². The number of rotatable bonds is 5. The number of benzene rings is 3. The first-order valence-corrected chi connectivity index (χ1v) is 8.88. The standard InChI is InChI=1S/C21H10F5N3O3/c22-14-11(15(23)17(25)18(26)16(14)24)8-32-27-7-9-3-1-5-12-19(9)28-13-6-2-4-10(21(30)31)20(13)29-12/h1-7H,8H2,(H,30,31)/b27-7+. The fourth-order valence-corrected chi connectivity index (χ4v) is 2.99. The van der Waals surface area contributed by atoms with Crippen LogP contribution in [0.1, 0.15) is 21.5 Å². The summed E-state index contributed by atoms with van der Waals surface area (Å²) < 4.78 is 67.0. The van der Waals surface area contributed by atoms with Crippen molar-refractivity contribution < 1.29 is 36.7 Å². The zero-order chi connectivity index (χ0) is 23.0. The van der Waals surface area contributed by atoms with Crippen LogP contribution in [0.3, 0.4) is 0 Å². The van der Waals surface area contributed by atoms with Gasteiger partial charge >= 0.3 is 5.97 Å². The van der Waals surface area contributed by atoms with Crippen LogP contribution in [0.15, 0.2) is 41.6 Å². The van der Waals surface area contributed by atoms with Crippen molar-refractivity contribution >= 4 is 34.3 Å². The van der Waals surface area contributed by atoms with Crippen molar-refractivity contribution in [3.63, 3.8) is 0 Å². The average molecular weight is 447 g/mol. The third kappa shape index (κ3) is 3.57. The number of aromatic nitrogens is 2. The van der Waals surface area contributed by atoms with E-state index < -0.39 is 47.2 Å². The summed E-state index contributed by atoms with van der Waals surface area (Å²) in [5.74, 6) is -11.6. The van der Waals surface area contributed by atoms with E-state index in [1.54, 1.807) is 24.3 Å². The van der Waals surface area contributed by atoms with Gasteiger partial charge in [-0.05, 0) is 18.2 Å². The molecule has 0 saturated carbocycles. The molecule has 1 N–H and O–H groups in total. The summed E-state index contributed by atoms with van der Waals surface area (Å²) in [5.41, 5.74) is 0.325. The lowest BCUT2D eigenvalue weighted by Gasteiger charge is -2.07. The number of aromatic carboxylic acids is 1. The van der Waals surface area contributed by atoms with Crippen LogP contribution in [-0.2, 0) is 11.4 Å². The van der Waals surface area contributed by atoms with Crippen molar-refractivity contribution in [1.82, 2.24) is 9.97 Å². The number of halogens is 5. The van der Waals surface area contributed by atoms with Gasteiger partial charge in [0.15, 0.2) is 23.3 Å². The van der Waals surface area contributed by atoms with E-state index in [0.29, 0.717) is 22.1 Å². The lowest BCUT2D eigenvalue weighted by molar-refractivity contribution is 0.0699. The molecule has 162 valence electrons. The smallest absolute Gasteiger partial charge is 0.337 e. The van der Waals surface area contributed by atoms with Gasteiger partial charge in [0.25, 0.3) is 0 Å². The molecule has 6 nitrogen and oxygen atoms in total. The number of hydrogen-bond donors (Lipinski definition) is 1. The molecule has 11 heteroatoms. The van der Waals surface area contributed by atoms with Gasteiger partial charge in [-0.25, -0.2) is 36.7 Å². The normalized spacial score (nSPS) is 11.5. The number of para-hydroxylation sites is 2. The Balaban J connectivity index is 1.65. The highest BCUT2D eigenvalue weighted by Crippen LogP contribution is 2.24. The SMILES string of the molecule is O=C(O)c1cccc2nc3c(/C=N/OCc4c(F)c(F)c(F)c(F)c4F)cccc3nc12. The second-order valence-electron chi connectivity index (χ2n) is 6.47. The molecule has 0 saturated heterocycles. The van der Waals surface area contributed by atoms with Gasteiger partial charge in [-0.3, -0.25) is 0 Å². The minimum Gasteiger partial charge on any atom is -0.478 e. The first kappa shape index (κ1) is 21.1. The summed E-state index contributed by atoms with van der Waals surface area (Å²) in [6, 6.07) is 9.21. The van der Waals surface area contributed by atoms with Crippen LogP contribution < -0.4 is 0 Å². The van der Waals surface area contributed by atoms with Crippen LogP contribution in [0.25, 0.3) is 22.1 Å². The quantitative estimate of drug-likeness (QED) is 0.119. The van der Waals surface area contributed by atoms with Gasteiger partial charge in [0, 0.05) is 5.56 Å². The Morgan fingerprint density at radius 2 is 1.44 bits per heavy atom. The van der Waals surface area contributed by atoms with Crippen molar-refractivity contribution in [3.8, 4) is 0 Å². The Morgan fingerprint density at radius 1 is 0.875 bits per heavy atom. The maximum Gasteiger partial charge on any atom is 0.337 e. The summed E-state index contributed by atoms with van der Waals surface area (Å²) >= 11 is 0. The van der Waals surface area contributed by atoms with Crippen LogP contribution in [0, 0.1) is 29.1 Å². The molecule has 3 aromatic carbocycles. The summed E-state index contributed by atoms with van der Waals surface area (Å²) in [6.45, 7) is -1.01. The van der Waals surface area contributed by atoms with Crippen LogP contribution in [-0.4, -0.2) is 27.3 Å². The molecule has 0 amide bonds. The van der Waals surface area contributed by atoms with Gasteiger partial charge in [-0.1, -0.05) is 23.4 Å². The highest BCUT2D eigenvalue weighted by molar-refractivity contribution is 6.04. The maximum absolute atomic E-state index is 13.7. The van der Waals surface area contributed by atoms with Crippen molar-refractivity contribution in [2.24, 2.45) is 5.16 Å². The van der Waals surface area contributed by atoms with Crippen molar-refractivity contribution in [2.75, 3.05) is 0 Å². The lowest BCUT2D eigenvalue weighted by Crippen LogP contribution is -2.07. The molecule has 0 fully saturated rings. The molecule has 4 aromatic rings. The fraction of sp³-hybridized carbons (Fsp3) is 0.0476. The fourth-order valence-electron chi connectivity index (χ4n) is 2.99. The number of hydrogen-bond acceptors (Lipinski definition) is 5. The highest BCUT2D eigenvalue weighted by atomic mass is 19.2. The van der Waals surface area contributed by atoms with E-state index in [2.05, 4.69) is 15.1 Å². The van der Waals surface area contributed by atoms with Crippen molar-refractivity contribution in [2.45, 2.75) is 6.61 Å². The van der Waals surface area contributed by atoms with Gasteiger partial charge in [-0.2, -0.15) is 0 Å². The summed E-state index contributed by atoms with van der Waals surface area (Å²) in [7, 11) is 0. The number of carboxylic acids is 1. The van der Waals surface area contributed by atoms with E-state index in [1.165, 1.54) is 12.1 Å². The predicted molar refractivity (Wildman–Crippen MR) is 103 cm³/mol. The number of carboxylic acid groups (broad SMARTS) is 1. The van der Waals surface area contributed by atoms with Crippen LogP contribution in [0.4, 0.5) is 22.0 Å². The maximum atomic E-state index is 13.7. The van der Waals surface area contributed by atoms with Crippen LogP contribution in [0.2, 0.25) is 0 Å². The molecule has 0 radical (unpaired) electrons. The molecule has 4 rings (SSSR count). The van der Waals surface area contributed by atoms with E-state index in [-0.39, 0.29) is 11.1 Å². The van der Waals surface area contributed by atoms with Gasteiger partial charge in [0.1, 0.15) is 12.1 Å². The minimum atomic E-state index is -2.26. The Morgan fingerprint density at radius 3 is 2.09 bits per heavy atom. The van der Waals surface area contributed by atoms with E-state index in [9.17, 15) is 31.9 Å². The van der Waals surface area contributed by atoms with E-state index in [1.807, 2.05) is 0 Å². The van der Waals surface area contributed by atoms with E-state index in [0.717, 1.165) is 6.21 Å². The first-order valence-electron chi connectivity index (χ1n) is 8.88. The third-order valence-corrected chi connectivity index (χ3v) is 4.53. The molecule has 0 bridgehead atoms. The van der Waals surface area contributed by atoms with Crippen molar-refractivity contribution in [1.29, 1.82) is 0 Å². The molecular formula is C21H10F5N3O3. The summed E-state index contributed by atoms with van der Waals surface area (Å²) in [6.07, 6.45) is 1.12. The second-order valence-corrected chi connectivity index (χ2v) is 6.47. The molecule has 0 aliphatic heterocycles. The summed E-state index contributed by atoms with van der Waals surface area (Å²) in [5, 5.41) is 12.8. The third-order valence-electron chi connectivity index (χ3n) is 4.53. The lowest BCUT2D eigenvalue weighted by atomic mass is 10.1. The topological polar surface area (TPSA) is 84.7 Å². The molecule has 1 heterocycles. The Hall–Kier alpha value is -4.15. The van der Waals surface area contributed by atoms with Crippen LogP contribution in [0.5, 0.6) is 0 Å². The number of fused-ring (bicyclic) bond motifs is 2. The predicted octanol–water partition coefficient (Wildman–Crippen LogP) is 4.73. The largest absolute Gasteiger partial charge is 0.478 e. The Bertz CT molecular complexity index is 1400. The molecule has 0 aliphatic rings.